The molecule has 0 radical (unpaired) electrons. The molecule has 5 nitrogen and oxygen atoms in total. The molecule has 3 atom stereocenters. The second-order valence-electron chi connectivity index (χ2n) is 5.14. The first kappa shape index (κ1) is 13.5. The maximum Gasteiger partial charge on any atom is 0.326 e. The fourth-order valence-electron chi connectivity index (χ4n) is 2.86. The standard InChI is InChI=1S/C14H15NO4S/c16-8-5-11(14(18)19)15(6-8)13(17)10-7-20-12-4-2-1-3-9(10)12/h1-4,8,10-11,16H,5-7H2,(H,18,19). The van der Waals surface area contributed by atoms with Crippen LogP contribution in [0.15, 0.2) is 29.2 Å². The molecule has 0 aliphatic carbocycles. The van der Waals surface area contributed by atoms with Gasteiger partial charge in [-0.05, 0) is 11.6 Å². The van der Waals surface area contributed by atoms with Crippen molar-refractivity contribution in [3.05, 3.63) is 29.8 Å². The van der Waals surface area contributed by atoms with Crippen molar-refractivity contribution in [1.82, 2.24) is 4.90 Å². The number of hydrogen-bond acceptors (Lipinski definition) is 4. The highest BCUT2D eigenvalue weighted by molar-refractivity contribution is 7.99. The Bertz CT molecular complexity index is 562. The average Bonchev–Trinajstić information content (AvgIpc) is 3.01. The van der Waals surface area contributed by atoms with Gasteiger partial charge < -0.3 is 15.1 Å². The number of carbonyl (C=O) groups excluding carboxylic acids is 1. The number of aliphatic carboxylic acids is 1. The molecule has 1 aromatic carbocycles. The molecule has 20 heavy (non-hydrogen) atoms. The molecule has 0 spiro atoms. The number of aliphatic hydroxyl groups is 1. The number of likely N-dealkylation sites (tertiary alicyclic amines) is 1. The van der Waals surface area contributed by atoms with Gasteiger partial charge in [-0.15, -0.1) is 11.8 Å². The number of aliphatic hydroxyl groups excluding tert-OH is 1. The van der Waals surface area contributed by atoms with Gasteiger partial charge in [-0.3, -0.25) is 4.79 Å². The molecular formula is C14H15NO4S. The van der Waals surface area contributed by atoms with E-state index < -0.39 is 18.1 Å². The summed E-state index contributed by atoms with van der Waals surface area (Å²) in [6, 6.07) is 6.80. The van der Waals surface area contributed by atoms with Crippen LogP contribution in [0, 0.1) is 0 Å². The van der Waals surface area contributed by atoms with Gasteiger partial charge in [0.05, 0.1) is 12.0 Å². The Morgan fingerprint density at radius 1 is 1.30 bits per heavy atom. The third-order valence-corrected chi connectivity index (χ3v) is 5.03. The second-order valence-corrected chi connectivity index (χ2v) is 6.20. The van der Waals surface area contributed by atoms with Crippen molar-refractivity contribution in [2.24, 2.45) is 0 Å². The fourth-order valence-corrected chi connectivity index (χ4v) is 4.08. The van der Waals surface area contributed by atoms with Crippen LogP contribution in [0.2, 0.25) is 0 Å². The van der Waals surface area contributed by atoms with E-state index >= 15 is 0 Å². The molecule has 1 fully saturated rings. The van der Waals surface area contributed by atoms with Gasteiger partial charge in [0.2, 0.25) is 5.91 Å². The summed E-state index contributed by atoms with van der Waals surface area (Å²) in [6.45, 7) is 0.110. The first-order valence-corrected chi connectivity index (χ1v) is 7.49. The number of fused-ring (bicyclic) bond motifs is 1. The van der Waals surface area contributed by atoms with E-state index in [0.717, 1.165) is 10.5 Å². The van der Waals surface area contributed by atoms with Gasteiger partial charge in [0, 0.05) is 23.6 Å². The topological polar surface area (TPSA) is 77.8 Å². The highest BCUT2D eigenvalue weighted by Gasteiger charge is 2.42. The van der Waals surface area contributed by atoms with Gasteiger partial charge in [0.1, 0.15) is 6.04 Å². The maximum absolute atomic E-state index is 12.6. The Morgan fingerprint density at radius 2 is 2.05 bits per heavy atom. The minimum atomic E-state index is -1.05. The van der Waals surface area contributed by atoms with Crippen molar-refractivity contribution in [3.8, 4) is 0 Å². The molecule has 106 valence electrons. The van der Waals surface area contributed by atoms with E-state index in [0.29, 0.717) is 5.75 Å². The highest BCUT2D eigenvalue weighted by Crippen LogP contribution is 2.41. The zero-order chi connectivity index (χ0) is 14.3. The minimum absolute atomic E-state index is 0.110. The molecule has 3 rings (SSSR count). The van der Waals surface area contributed by atoms with Gasteiger partial charge in [0.15, 0.2) is 0 Å². The predicted molar refractivity (Wildman–Crippen MR) is 73.7 cm³/mol. The fraction of sp³-hybridized carbons (Fsp3) is 0.429. The molecule has 0 aromatic heterocycles. The average molecular weight is 293 g/mol. The van der Waals surface area contributed by atoms with Crippen LogP contribution >= 0.6 is 11.8 Å². The van der Waals surface area contributed by atoms with Crippen LogP contribution in [0.1, 0.15) is 17.9 Å². The van der Waals surface area contributed by atoms with Gasteiger partial charge in [-0.2, -0.15) is 0 Å². The van der Waals surface area contributed by atoms with E-state index in [1.807, 2.05) is 24.3 Å². The smallest absolute Gasteiger partial charge is 0.326 e. The van der Waals surface area contributed by atoms with Gasteiger partial charge in [-0.25, -0.2) is 4.79 Å². The Kier molecular flexibility index (Phi) is 3.43. The Hall–Kier alpha value is -1.53. The Labute approximate surface area is 120 Å². The van der Waals surface area contributed by atoms with E-state index in [4.69, 9.17) is 0 Å². The summed E-state index contributed by atoms with van der Waals surface area (Å²) in [5.41, 5.74) is 0.966. The molecule has 0 saturated carbocycles. The SMILES string of the molecule is O=C(O)C1CC(O)CN1C(=O)C1CSc2ccccc21. The van der Waals surface area contributed by atoms with E-state index in [1.54, 1.807) is 11.8 Å². The summed E-state index contributed by atoms with van der Waals surface area (Å²) in [5, 5.41) is 18.8. The molecule has 1 amide bonds. The molecule has 2 aliphatic rings. The lowest BCUT2D eigenvalue weighted by atomic mass is 9.99. The van der Waals surface area contributed by atoms with Crippen molar-refractivity contribution < 1.29 is 19.8 Å². The lowest BCUT2D eigenvalue weighted by molar-refractivity contribution is -0.148. The Balaban J connectivity index is 1.85. The molecule has 2 aliphatic heterocycles. The molecule has 6 heteroatoms. The largest absolute Gasteiger partial charge is 0.480 e. The number of carbonyl (C=O) groups is 2. The number of β-amino-alcohol motifs (C(OH)–C–C–N with tert-alkyl or cyclic N) is 1. The minimum Gasteiger partial charge on any atom is -0.480 e. The molecule has 3 unspecified atom stereocenters. The van der Waals surface area contributed by atoms with Crippen molar-refractivity contribution in [3.63, 3.8) is 0 Å². The monoisotopic (exact) mass is 293 g/mol. The number of thioether (sulfide) groups is 1. The lowest BCUT2D eigenvalue weighted by Crippen LogP contribution is -2.43. The van der Waals surface area contributed by atoms with Gasteiger partial charge >= 0.3 is 5.97 Å². The number of carboxylic acid groups (broad SMARTS) is 1. The summed E-state index contributed by atoms with van der Waals surface area (Å²) in [4.78, 5) is 26.2. The van der Waals surface area contributed by atoms with Crippen LogP contribution in [-0.4, -0.2) is 51.4 Å². The molecule has 1 aromatic rings. The summed E-state index contributed by atoms with van der Waals surface area (Å²) in [6.07, 6.45) is -0.632. The summed E-state index contributed by atoms with van der Waals surface area (Å²) >= 11 is 1.62. The summed E-state index contributed by atoms with van der Waals surface area (Å²) in [7, 11) is 0. The van der Waals surface area contributed by atoms with Crippen molar-refractivity contribution in [2.75, 3.05) is 12.3 Å². The predicted octanol–water partition coefficient (Wildman–Crippen LogP) is 0.922. The third-order valence-electron chi connectivity index (χ3n) is 3.85. The van der Waals surface area contributed by atoms with E-state index in [1.165, 1.54) is 4.90 Å². The number of benzene rings is 1. The van der Waals surface area contributed by atoms with E-state index in [-0.39, 0.29) is 24.8 Å². The lowest BCUT2D eigenvalue weighted by Gasteiger charge is -2.24. The number of nitrogens with zero attached hydrogens (tertiary/aromatic N) is 1. The number of amides is 1. The van der Waals surface area contributed by atoms with Crippen LogP contribution in [0.3, 0.4) is 0 Å². The number of hydrogen-bond donors (Lipinski definition) is 2. The zero-order valence-corrected chi connectivity index (χ0v) is 11.5. The zero-order valence-electron chi connectivity index (χ0n) is 10.7. The maximum atomic E-state index is 12.6. The van der Waals surface area contributed by atoms with Crippen LogP contribution in [0.25, 0.3) is 0 Å². The van der Waals surface area contributed by atoms with Crippen LogP contribution < -0.4 is 0 Å². The van der Waals surface area contributed by atoms with Crippen LogP contribution in [0.4, 0.5) is 0 Å². The van der Waals surface area contributed by atoms with Crippen molar-refractivity contribution in [2.45, 2.75) is 29.4 Å². The first-order valence-electron chi connectivity index (χ1n) is 6.51. The molecular weight excluding hydrogens is 278 g/mol. The van der Waals surface area contributed by atoms with Crippen molar-refractivity contribution >= 4 is 23.6 Å². The van der Waals surface area contributed by atoms with Crippen LogP contribution in [0.5, 0.6) is 0 Å². The third kappa shape index (κ3) is 2.19. The molecule has 2 N–H and O–H groups in total. The number of rotatable bonds is 2. The normalized spacial score (nSPS) is 28.4. The molecule has 0 bridgehead atoms. The van der Waals surface area contributed by atoms with E-state index in [9.17, 15) is 19.8 Å². The Morgan fingerprint density at radius 3 is 2.80 bits per heavy atom. The highest BCUT2D eigenvalue weighted by atomic mass is 32.2. The van der Waals surface area contributed by atoms with Gasteiger partial charge in [-0.1, -0.05) is 18.2 Å². The first-order chi connectivity index (χ1) is 9.58. The molecule has 2 heterocycles. The van der Waals surface area contributed by atoms with Crippen molar-refractivity contribution in [1.29, 1.82) is 0 Å². The summed E-state index contributed by atoms with van der Waals surface area (Å²) < 4.78 is 0. The van der Waals surface area contributed by atoms with E-state index in [2.05, 4.69) is 0 Å². The second kappa shape index (κ2) is 5.10. The van der Waals surface area contributed by atoms with Gasteiger partial charge in [0.25, 0.3) is 0 Å². The van der Waals surface area contributed by atoms with Crippen LogP contribution in [-0.2, 0) is 9.59 Å². The number of carboxylic acids is 1. The molecule has 1 saturated heterocycles. The quantitative estimate of drug-likeness (QED) is 0.848. The summed E-state index contributed by atoms with van der Waals surface area (Å²) in [5.74, 6) is -0.902.